The fourth-order valence-electron chi connectivity index (χ4n) is 3.40. The van der Waals surface area contributed by atoms with E-state index in [0.717, 1.165) is 10.9 Å². The van der Waals surface area contributed by atoms with E-state index in [4.69, 9.17) is 5.73 Å². The van der Waals surface area contributed by atoms with Gasteiger partial charge in [-0.25, -0.2) is 0 Å². The van der Waals surface area contributed by atoms with Crippen molar-refractivity contribution in [2.75, 3.05) is 6.54 Å². The first-order chi connectivity index (χ1) is 10.8. The number of nitrogens with two attached hydrogens (primary N) is 1. The first-order valence-corrected chi connectivity index (χ1v) is 8.18. The number of hydrogen-bond donors (Lipinski definition) is 2. The van der Waals surface area contributed by atoms with Crippen molar-refractivity contribution in [3.63, 3.8) is 0 Å². The van der Waals surface area contributed by atoms with Crippen molar-refractivity contribution in [1.29, 1.82) is 0 Å². The molecular weight excluding hydrogens is 276 g/mol. The van der Waals surface area contributed by atoms with Crippen molar-refractivity contribution in [2.24, 2.45) is 11.7 Å². The summed E-state index contributed by atoms with van der Waals surface area (Å²) in [7, 11) is 0. The molecule has 1 aromatic carbocycles. The van der Waals surface area contributed by atoms with Gasteiger partial charge >= 0.3 is 0 Å². The van der Waals surface area contributed by atoms with E-state index in [0.29, 0.717) is 12.5 Å². The molecule has 0 bridgehead atoms. The molecular formula is C17H24N4O. The summed E-state index contributed by atoms with van der Waals surface area (Å²) in [5.74, 6) is 0.522. The van der Waals surface area contributed by atoms with E-state index in [1.54, 1.807) is 4.68 Å². The second-order valence-corrected chi connectivity index (χ2v) is 6.19. The molecule has 5 heteroatoms. The fraction of sp³-hybridized carbons (Fsp3) is 0.529. The highest BCUT2D eigenvalue weighted by molar-refractivity contribution is 5.79. The van der Waals surface area contributed by atoms with Gasteiger partial charge in [0.25, 0.3) is 0 Å². The number of rotatable bonds is 5. The number of nitrogens with one attached hydrogen (secondary N) is 1. The van der Waals surface area contributed by atoms with Crippen LogP contribution in [0.1, 0.15) is 32.1 Å². The van der Waals surface area contributed by atoms with Crippen LogP contribution in [0.2, 0.25) is 0 Å². The summed E-state index contributed by atoms with van der Waals surface area (Å²) in [5, 5.41) is 8.58. The summed E-state index contributed by atoms with van der Waals surface area (Å²) in [6.45, 7) is 0.759. The maximum Gasteiger partial charge on any atom is 0.242 e. The second-order valence-electron chi connectivity index (χ2n) is 6.19. The minimum atomic E-state index is -0.00571. The lowest BCUT2D eigenvalue weighted by Gasteiger charge is -2.30. The van der Waals surface area contributed by atoms with E-state index in [9.17, 15) is 4.79 Å². The molecule has 0 spiro atoms. The van der Waals surface area contributed by atoms with Crippen LogP contribution in [0.3, 0.4) is 0 Å². The maximum atomic E-state index is 12.3. The number of amides is 1. The summed E-state index contributed by atoms with van der Waals surface area (Å²) < 4.78 is 1.70. The van der Waals surface area contributed by atoms with Gasteiger partial charge in [-0.1, -0.05) is 37.5 Å². The zero-order chi connectivity index (χ0) is 15.4. The standard InChI is InChI=1S/C17H24N4O/c18-10-16(13-6-2-1-3-7-13)19-17(22)12-21-11-14-8-4-5-9-15(14)20-21/h4-5,8-9,11,13,16H,1-3,6-7,10,12,18H2,(H,19,22). The molecule has 118 valence electrons. The third-order valence-electron chi connectivity index (χ3n) is 4.59. The molecule has 5 nitrogen and oxygen atoms in total. The van der Waals surface area contributed by atoms with Crippen LogP contribution >= 0.6 is 0 Å². The molecule has 1 aromatic heterocycles. The molecule has 0 radical (unpaired) electrons. The molecule has 1 aliphatic rings. The zero-order valence-electron chi connectivity index (χ0n) is 12.9. The Kier molecular flexibility index (Phi) is 4.73. The topological polar surface area (TPSA) is 72.9 Å². The average Bonchev–Trinajstić information content (AvgIpc) is 2.95. The Morgan fingerprint density at radius 1 is 1.32 bits per heavy atom. The smallest absolute Gasteiger partial charge is 0.242 e. The van der Waals surface area contributed by atoms with Gasteiger partial charge in [0.05, 0.1) is 5.52 Å². The molecule has 1 aliphatic carbocycles. The Bertz CT molecular complexity index is 597. The van der Waals surface area contributed by atoms with Crippen LogP contribution in [0.5, 0.6) is 0 Å². The van der Waals surface area contributed by atoms with E-state index in [-0.39, 0.29) is 18.5 Å². The Morgan fingerprint density at radius 3 is 2.82 bits per heavy atom. The number of nitrogens with zero attached hydrogens (tertiary/aromatic N) is 2. The van der Waals surface area contributed by atoms with Crippen LogP contribution in [-0.4, -0.2) is 28.3 Å². The largest absolute Gasteiger partial charge is 0.350 e. The van der Waals surface area contributed by atoms with Crippen LogP contribution in [0, 0.1) is 5.92 Å². The predicted molar refractivity (Wildman–Crippen MR) is 87.3 cm³/mol. The molecule has 22 heavy (non-hydrogen) atoms. The fourth-order valence-corrected chi connectivity index (χ4v) is 3.40. The highest BCUT2D eigenvalue weighted by Gasteiger charge is 2.24. The Hall–Kier alpha value is -1.88. The summed E-state index contributed by atoms with van der Waals surface area (Å²) >= 11 is 0. The maximum absolute atomic E-state index is 12.3. The number of fused-ring (bicyclic) bond motifs is 1. The van der Waals surface area contributed by atoms with Crippen LogP contribution in [-0.2, 0) is 11.3 Å². The lowest BCUT2D eigenvalue weighted by Crippen LogP contribution is -2.47. The van der Waals surface area contributed by atoms with Gasteiger partial charge in [-0.05, 0) is 24.8 Å². The first-order valence-electron chi connectivity index (χ1n) is 8.18. The van der Waals surface area contributed by atoms with Gasteiger partial charge < -0.3 is 11.1 Å². The molecule has 1 atom stereocenters. The Labute approximate surface area is 130 Å². The quantitative estimate of drug-likeness (QED) is 0.887. The normalized spacial score (nSPS) is 17.5. The first kappa shape index (κ1) is 15.0. The van der Waals surface area contributed by atoms with Crippen LogP contribution in [0.25, 0.3) is 10.9 Å². The van der Waals surface area contributed by atoms with Crippen molar-refractivity contribution >= 4 is 16.8 Å². The summed E-state index contributed by atoms with van der Waals surface area (Å²) in [6.07, 6.45) is 8.07. The van der Waals surface area contributed by atoms with Gasteiger partial charge in [0, 0.05) is 24.2 Å². The van der Waals surface area contributed by atoms with Crippen LogP contribution in [0.4, 0.5) is 0 Å². The third kappa shape index (κ3) is 3.47. The van der Waals surface area contributed by atoms with Crippen molar-refractivity contribution in [1.82, 2.24) is 15.1 Å². The lowest BCUT2D eigenvalue weighted by molar-refractivity contribution is -0.122. The second kappa shape index (κ2) is 6.92. The van der Waals surface area contributed by atoms with Gasteiger partial charge in [-0.2, -0.15) is 5.10 Å². The van der Waals surface area contributed by atoms with Gasteiger partial charge in [0.15, 0.2) is 0 Å². The van der Waals surface area contributed by atoms with Crippen molar-refractivity contribution in [3.8, 4) is 0 Å². The molecule has 1 saturated carbocycles. The molecule has 2 aromatic rings. The van der Waals surface area contributed by atoms with Gasteiger partial charge in [-0.3, -0.25) is 9.48 Å². The molecule has 1 amide bonds. The van der Waals surface area contributed by atoms with E-state index in [1.807, 2.05) is 30.5 Å². The Balaban J connectivity index is 1.60. The van der Waals surface area contributed by atoms with Gasteiger partial charge in [0.2, 0.25) is 5.91 Å². The molecule has 1 fully saturated rings. The highest BCUT2D eigenvalue weighted by Crippen LogP contribution is 2.26. The van der Waals surface area contributed by atoms with E-state index < -0.39 is 0 Å². The molecule has 0 aliphatic heterocycles. The van der Waals surface area contributed by atoms with E-state index in [1.165, 1.54) is 32.1 Å². The van der Waals surface area contributed by atoms with E-state index >= 15 is 0 Å². The number of aromatic nitrogens is 2. The van der Waals surface area contributed by atoms with Crippen molar-refractivity contribution in [2.45, 2.75) is 44.7 Å². The highest BCUT2D eigenvalue weighted by atomic mass is 16.2. The van der Waals surface area contributed by atoms with Crippen LogP contribution in [0.15, 0.2) is 30.5 Å². The number of carbonyl (C=O) groups excluding carboxylic acids is 1. The lowest BCUT2D eigenvalue weighted by atomic mass is 9.84. The molecule has 3 rings (SSSR count). The number of benzene rings is 1. The summed E-state index contributed by atoms with van der Waals surface area (Å²) in [6, 6.07) is 7.98. The van der Waals surface area contributed by atoms with Gasteiger partial charge in [-0.15, -0.1) is 0 Å². The van der Waals surface area contributed by atoms with Crippen LogP contribution < -0.4 is 11.1 Å². The minimum absolute atomic E-state index is 0.00571. The monoisotopic (exact) mass is 300 g/mol. The third-order valence-corrected chi connectivity index (χ3v) is 4.59. The molecule has 0 saturated heterocycles. The zero-order valence-corrected chi connectivity index (χ0v) is 12.9. The predicted octanol–water partition coefficient (Wildman–Crippen LogP) is 2.06. The Morgan fingerprint density at radius 2 is 2.09 bits per heavy atom. The number of hydrogen-bond acceptors (Lipinski definition) is 3. The molecule has 1 unspecified atom stereocenters. The number of carbonyl (C=O) groups is 1. The average molecular weight is 300 g/mol. The van der Waals surface area contributed by atoms with E-state index in [2.05, 4.69) is 10.4 Å². The molecule has 3 N–H and O–H groups in total. The summed E-state index contributed by atoms with van der Waals surface area (Å²) in [5.41, 5.74) is 6.78. The van der Waals surface area contributed by atoms with Crippen molar-refractivity contribution in [3.05, 3.63) is 30.5 Å². The van der Waals surface area contributed by atoms with Gasteiger partial charge in [0.1, 0.15) is 6.54 Å². The van der Waals surface area contributed by atoms with Crippen molar-refractivity contribution < 1.29 is 4.79 Å². The summed E-state index contributed by atoms with van der Waals surface area (Å²) in [4.78, 5) is 12.3. The molecule has 1 heterocycles. The minimum Gasteiger partial charge on any atom is -0.350 e. The SMILES string of the molecule is NCC(NC(=O)Cn1cc2ccccc2n1)C1CCCCC1.